The highest BCUT2D eigenvalue weighted by Crippen LogP contribution is 2.06. The van der Waals surface area contributed by atoms with Crippen LogP contribution in [0.5, 0.6) is 0 Å². The van der Waals surface area contributed by atoms with E-state index < -0.39 is 11.9 Å². The molecule has 4 N–H and O–H groups in total. The zero-order valence-electron chi connectivity index (χ0n) is 9.66. The van der Waals surface area contributed by atoms with Crippen LogP contribution in [-0.4, -0.2) is 56.0 Å². The predicted molar refractivity (Wildman–Crippen MR) is 60.7 cm³/mol. The summed E-state index contributed by atoms with van der Waals surface area (Å²) in [5.41, 5.74) is 5.34. The van der Waals surface area contributed by atoms with Gasteiger partial charge in [-0.05, 0) is 13.0 Å². The van der Waals surface area contributed by atoms with E-state index in [-0.39, 0.29) is 12.3 Å². The lowest BCUT2D eigenvalue weighted by Crippen LogP contribution is -2.48. The normalized spacial score (nSPS) is 19.8. The molecular weight excluding hydrogens is 208 g/mol. The molecule has 1 aliphatic heterocycles. The fraction of sp³-hybridized carbons (Fsp3) is 0.800. The largest absolute Gasteiger partial charge is 0.368 e. The molecule has 6 heteroatoms. The van der Waals surface area contributed by atoms with E-state index in [1.54, 1.807) is 7.05 Å². The molecule has 0 aromatic heterocycles. The first-order valence-electron chi connectivity index (χ1n) is 5.60. The van der Waals surface area contributed by atoms with Crippen molar-refractivity contribution in [2.45, 2.75) is 18.9 Å². The Bertz CT molecular complexity index is 249. The SMILES string of the molecule is CNC(=O)CC(C(N)=O)N1CCCNCC1. The van der Waals surface area contributed by atoms with Gasteiger partial charge in [-0.3, -0.25) is 14.5 Å². The van der Waals surface area contributed by atoms with Crippen molar-refractivity contribution >= 4 is 11.8 Å². The third-order valence-electron chi connectivity index (χ3n) is 2.80. The van der Waals surface area contributed by atoms with E-state index in [1.807, 2.05) is 4.90 Å². The Morgan fingerprint density at radius 1 is 1.44 bits per heavy atom. The predicted octanol–water partition coefficient (Wildman–Crippen LogP) is -1.73. The minimum Gasteiger partial charge on any atom is -0.368 e. The van der Waals surface area contributed by atoms with Gasteiger partial charge in [0, 0.05) is 26.7 Å². The molecule has 1 atom stereocenters. The van der Waals surface area contributed by atoms with Crippen LogP contribution in [0, 0.1) is 0 Å². The van der Waals surface area contributed by atoms with Crippen molar-refractivity contribution < 1.29 is 9.59 Å². The number of carbonyl (C=O) groups is 2. The van der Waals surface area contributed by atoms with Crippen LogP contribution >= 0.6 is 0 Å². The zero-order chi connectivity index (χ0) is 12.0. The Labute approximate surface area is 95.5 Å². The van der Waals surface area contributed by atoms with Crippen molar-refractivity contribution in [2.24, 2.45) is 5.73 Å². The zero-order valence-corrected chi connectivity index (χ0v) is 9.66. The molecule has 0 bridgehead atoms. The molecule has 92 valence electrons. The topological polar surface area (TPSA) is 87.5 Å². The van der Waals surface area contributed by atoms with Crippen molar-refractivity contribution in [1.29, 1.82) is 0 Å². The molecule has 1 unspecified atom stereocenters. The highest BCUT2D eigenvalue weighted by Gasteiger charge is 2.26. The van der Waals surface area contributed by atoms with Gasteiger partial charge in [-0.2, -0.15) is 0 Å². The summed E-state index contributed by atoms with van der Waals surface area (Å²) in [5.74, 6) is -0.577. The molecule has 2 amide bonds. The Morgan fingerprint density at radius 2 is 2.19 bits per heavy atom. The van der Waals surface area contributed by atoms with Gasteiger partial charge in [-0.25, -0.2) is 0 Å². The molecule has 0 radical (unpaired) electrons. The summed E-state index contributed by atoms with van der Waals surface area (Å²) in [4.78, 5) is 24.6. The van der Waals surface area contributed by atoms with Crippen LogP contribution in [0.1, 0.15) is 12.8 Å². The fourth-order valence-electron chi connectivity index (χ4n) is 1.87. The molecule has 0 saturated carbocycles. The first-order chi connectivity index (χ1) is 7.65. The van der Waals surface area contributed by atoms with Crippen molar-refractivity contribution in [3.63, 3.8) is 0 Å². The number of amides is 2. The van der Waals surface area contributed by atoms with Crippen LogP contribution in [0.25, 0.3) is 0 Å². The van der Waals surface area contributed by atoms with E-state index in [2.05, 4.69) is 10.6 Å². The molecule has 1 saturated heterocycles. The van der Waals surface area contributed by atoms with Crippen LogP contribution in [0.15, 0.2) is 0 Å². The monoisotopic (exact) mass is 228 g/mol. The maximum Gasteiger partial charge on any atom is 0.235 e. The smallest absolute Gasteiger partial charge is 0.235 e. The third kappa shape index (κ3) is 3.79. The summed E-state index contributed by atoms with van der Waals surface area (Å²) >= 11 is 0. The van der Waals surface area contributed by atoms with Crippen molar-refractivity contribution in [2.75, 3.05) is 33.2 Å². The lowest BCUT2D eigenvalue weighted by molar-refractivity contribution is -0.129. The lowest BCUT2D eigenvalue weighted by Gasteiger charge is -2.27. The standard InChI is InChI=1S/C10H20N4O2/c1-12-9(15)7-8(10(11)16)14-5-2-3-13-4-6-14/h8,13H,2-7H2,1H3,(H2,11,16)(H,12,15). The van der Waals surface area contributed by atoms with E-state index in [0.717, 1.165) is 32.6 Å². The highest BCUT2D eigenvalue weighted by atomic mass is 16.2. The van der Waals surface area contributed by atoms with Crippen LogP contribution in [0.4, 0.5) is 0 Å². The molecule has 0 aromatic carbocycles. The van der Waals surface area contributed by atoms with Crippen LogP contribution in [0.2, 0.25) is 0 Å². The summed E-state index contributed by atoms with van der Waals surface area (Å²) in [6.07, 6.45) is 1.11. The van der Waals surface area contributed by atoms with Crippen LogP contribution < -0.4 is 16.4 Å². The van der Waals surface area contributed by atoms with Gasteiger partial charge in [0.05, 0.1) is 12.5 Å². The summed E-state index contributed by atoms with van der Waals surface area (Å²) in [7, 11) is 1.56. The van der Waals surface area contributed by atoms with E-state index >= 15 is 0 Å². The third-order valence-corrected chi connectivity index (χ3v) is 2.80. The van der Waals surface area contributed by atoms with Gasteiger partial charge in [0.15, 0.2) is 0 Å². The number of nitrogens with two attached hydrogens (primary N) is 1. The molecule has 1 rings (SSSR count). The quantitative estimate of drug-likeness (QED) is 0.534. The summed E-state index contributed by atoms with van der Waals surface area (Å²) in [5, 5.41) is 5.76. The Balaban J connectivity index is 2.60. The molecule has 0 aliphatic carbocycles. The maximum atomic E-state index is 11.3. The van der Waals surface area contributed by atoms with Gasteiger partial charge in [0.1, 0.15) is 0 Å². The highest BCUT2D eigenvalue weighted by molar-refractivity contribution is 5.87. The number of nitrogens with zero attached hydrogens (tertiary/aromatic N) is 1. The van der Waals surface area contributed by atoms with E-state index in [0.29, 0.717) is 0 Å². The Kier molecular flexibility index (Phi) is 5.21. The van der Waals surface area contributed by atoms with Crippen molar-refractivity contribution in [3.05, 3.63) is 0 Å². The summed E-state index contributed by atoms with van der Waals surface area (Å²) in [6, 6.07) is -0.486. The number of carbonyl (C=O) groups excluding carboxylic acids is 2. The second-order valence-corrected chi connectivity index (χ2v) is 3.93. The van der Waals surface area contributed by atoms with Crippen LogP contribution in [0.3, 0.4) is 0 Å². The molecule has 6 nitrogen and oxygen atoms in total. The van der Waals surface area contributed by atoms with Gasteiger partial charge >= 0.3 is 0 Å². The second kappa shape index (κ2) is 6.44. The van der Waals surface area contributed by atoms with Gasteiger partial charge in [0.25, 0.3) is 0 Å². The summed E-state index contributed by atoms with van der Waals surface area (Å²) < 4.78 is 0. The van der Waals surface area contributed by atoms with Gasteiger partial charge in [-0.1, -0.05) is 0 Å². The molecule has 1 heterocycles. The van der Waals surface area contributed by atoms with Crippen LogP contribution in [-0.2, 0) is 9.59 Å². The second-order valence-electron chi connectivity index (χ2n) is 3.93. The molecule has 1 fully saturated rings. The van der Waals surface area contributed by atoms with Crippen molar-refractivity contribution in [1.82, 2.24) is 15.5 Å². The number of nitrogens with one attached hydrogen (secondary N) is 2. The molecule has 0 spiro atoms. The number of hydrogen-bond donors (Lipinski definition) is 3. The first kappa shape index (κ1) is 12.9. The number of primary amides is 1. The molecule has 16 heavy (non-hydrogen) atoms. The first-order valence-corrected chi connectivity index (χ1v) is 5.60. The van der Waals surface area contributed by atoms with Gasteiger partial charge in [-0.15, -0.1) is 0 Å². The van der Waals surface area contributed by atoms with Gasteiger partial charge in [0.2, 0.25) is 11.8 Å². The van der Waals surface area contributed by atoms with Gasteiger partial charge < -0.3 is 16.4 Å². The minimum absolute atomic E-state index is 0.145. The Hall–Kier alpha value is -1.14. The van der Waals surface area contributed by atoms with E-state index in [1.165, 1.54) is 0 Å². The molecular formula is C10H20N4O2. The molecule has 1 aliphatic rings. The molecule has 0 aromatic rings. The number of rotatable bonds is 4. The Morgan fingerprint density at radius 3 is 2.81 bits per heavy atom. The minimum atomic E-state index is -0.486. The fourth-order valence-corrected chi connectivity index (χ4v) is 1.87. The maximum absolute atomic E-state index is 11.3. The summed E-state index contributed by atoms with van der Waals surface area (Å²) in [6.45, 7) is 3.34. The van der Waals surface area contributed by atoms with E-state index in [4.69, 9.17) is 5.73 Å². The lowest BCUT2D eigenvalue weighted by atomic mass is 10.1. The van der Waals surface area contributed by atoms with E-state index in [9.17, 15) is 9.59 Å². The average molecular weight is 228 g/mol. The number of hydrogen-bond acceptors (Lipinski definition) is 4. The van der Waals surface area contributed by atoms with Crippen molar-refractivity contribution in [3.8, 4) is 0 Å². The average Bonchev–Trinajstić information content (AvgIpc) is 2.53.